The highest BCUT2D eigenvalue weighted by molar-refractivity contribution is 5.88. The quantitative estimate of drug-likeness (QED) is 0.0305. The van der Waals surface area contributed by atoms with Gasteiger partial charge in [0.2, 0.25) is 11.9 Å². The molecule has 0 spiro atoms. The second-order valence-electron chi connectivity index (χ2n) is 26.4. The maximum absolute atomic E-state index is 13.6. The average molecular weight is 1310 g/mol. The number of rotatable bonds is 55. The van der Waals surface area contributed by atoms with E-state index in [0.717, 1.165) is 87.8 Å². The van der Waals surface area contributed by atoms with E-state index < -0.39 is 48.8 Å². The summed E-state index contributed by atoms with van der Waals surface area (Å²) < 4.78 is 37.0. The Hall–Kier alpha value is -6.01. The molecule has 4 amide bonds. The Balaban J connectivity index is 1.30. The molecule has 2 aliphatic rings. The molecule has 2 saturated heterocycles. The zero-order valence-corrected chi connectivity index (χ0v) is 59.0. The number of fused-ring (bicyclic) bond motifs is 1. The van der Waals surface area contributed by atoms with Crippen molar-refractivity contribution in [2.45, 2.75) is 309 Å². The summed E-state index contributed by atoms with van der Waals surface area (Å²) in [6.07, 6.45) is 41.3. The number of benzene rings is 2. The van der Waals surface area contributed by atoms with E-state index in [1.165, 1.54) is 180 Å². The molecule has 2 fully saturated rings. The number of unbranched alkanes of at least 4 members (excludes halogenated alkanes) is 36. The molecule has 1 aromatic heterocycles. The Morgan fingerprint density at radius 1 is 0.351 bits per heavy atom. The molecule has 0 unspecified atom stereocenters. The fourth-order valence-corrected chi connectivity index (χ4v) is 12.5. The SMILES string of the molecule is CCCCCCCCCCCCNC(=O)O[C@H]1CN(c2nc(OCCOc3cccc4ccccc34)nc(N3C[C@H](OC(=O)NCCCCCCCCCCCC)[C@@H](OC(=O)NCCCCCCCCCCCC)C3)n2)C[C@@H]1OC(=O)NCCCCCCCCCCCC. The van der Waals surface area contributed by atoms with Gasteiger partial charge in [0.15, 0.2) is 24.4 Å². The van der Waals surface area contributed by atoms with Crippen LogP contribution in [-0.4, -0.2) is 129 Å². The Morgan fingerprint density at radius 3 is 0.947 bits per heavy atom. The molecule has 0 radical (unpaired) electrons. The molecular weight excluding hydrogens is 1190 g/mol. The molecule has 0 bridgehead atoms. The number of nitrogens with one attached hydrogen (secondary N) is 4. The first-order chi connectivity index (χ1) is 46.2. The van der Waals surface area contributed by atoms with E-state index in [9.17, 15) is 19.2 Å². The van der Waals surface area contributed by atoms with E-state index in [1.54, 1.807) is 9.80 Å². The van der Waals surface area contributed by atoms with Crippen LogP contribution in [0.15, 0.2) is 42.5 Å². The van der Waals surface area contributed by atoms with Gasteiger partial charge in [0.05, 0.1) is 26.2 Å². The Morgan fingerprint density at radius 2 is 0.628 bits per heavy atom. The van der Waals surface area contributed by atoms with Gasteiger partial charge in [0, 0.05) is 31.6 Å². The summed E-state index contributed by atoms with van der Waals surface area (Å²) >= 11 is 0. The van der Waals surface area contributed by atoms with E-state index in [1.807, 2.05) is 42.5 Å². The van der Waals surface area contributed by atoms with Gasteiger partial charge >= 0.3 is 30.4 Å². The van der Waals surface area contributed by atoms with Gasteiger partial charge in [0.25, 0.3) is 0 Å². The van der Waals surface area contributed by atoms with Gasteiger partial charge in [0.1, 0.15) is 19.0 Å². The summed E-state index contributed by atoms with van der Waals surface area (Å²) in [5.41, 5.74) is 0. The minimum atomic E-state index is -0.880. The maximum Gasteiger partial charge on any atom is 0.407 e. The molecule has 4 N–H and O–H groups in total. The monoisotopic (exact) mass is 1310 g/mol. The molecule has 532 valence electrons. The van der Waals surface area contributed by atoms with E-state index in [0.29, 0.717) is 31.9 Å². The molecule has 2 aromatic carbocycles. The molecule has 19 nitrogen and oxygen atoms in total. The van der Waals surface area contributed by atoms with E-state index in [4.69, 9.17) is 43.4 Å². The molecular formula is C75H127N9O10. The number of anilines is 2. The lowest BCUT2D eigenvalue weighted by atomic mass is 10.1. The lowest BCUT2D eigenvalue weighted by Gasteiger charge is -2.21. The minimum Gasteiger partial charge on any atom is -0.489 e. The van der Waals surface area contributed by atoms with Crippen LogP contribution in [0, 0.1) is 0 Å². The van der Waals surface area contributed by atoms with Gasteiger partial charge in [-0.3, -0.25) is 0 Å². The van der Waals surface area contributed by atoms with Gasteiger partial charge in [-0.2, -0.15) is 15.0 Å². The van der Waals surface area contributed by atoms with Crippen molar-refractivity contribution in [3.8, 4) is 11.8 Å². The highest BCUT2D eigenvalue weighted by Gasteiger charge is 2.43. The minimum absolute atomic E-state index is 0.0165. The third-order valence-electron chi connectivity index (χ3n) is 18.1. The largest absolute Gasteiger partial charge is 0.489 e. The topological polar surface area (TPSA) is 217 Å². The van der Waals surface area contributed by atoms with Crippen LogP contribution in [-0.2, 0) is 18.9 Å². The zero-order chi connectivity index (χ0) is 66.7. The molecule has 0 saturated carbocycles. The van der Waals surface area contributed by atoms with Gasteiger partial charge in [-0.1, -0.05) is 295 Å². The van der Waals surface area contributed by atoms with Crippen LogP contribution in [0.1, 0.15) is 285 Å². The van der Waals surface area contributed by atoms with Crippen molar-refractivity contribution in [2.24, 2.45) is 0 Å². The molecule has 3 heterocycles. The van der Waals surface area contributed by atoms with E-state index in [-0.39, 0.29) is 57.3 Å². The van der Waals surface area contributed by atoms with Crippen LogP contribution >= 0.6 is 0 Å². The zero-order valence-electron chi connectivity index (χ0n) is 59.0. The van der Waals surface area contributed by atoms with Gasteiger partial charge in [-0.05, 0) is 37.1 Å². The predicted molar refractivity (Wildman–Crippen MR) is 380 cm³/mol. The lowest BCUT2D eigenvalue weighted by Crippen LogP contribution is -2.39. The van der Waals surface area contributed by atoms with Crippen molar-refractivity contribution in [1.29, 1.82) is 0 Å². The van der Waals surface area contributed by atoms with Crippen molar-refractivity contribution in [2.75, 3.05) is 75.4 Å². The number of hydrogen-bond donors (Lipinski definition) is 4. The number of amides is 4. The number of aromatic nitrogens is 3. The fraction of sp³-hybridized carbons (Fsp3) is 0.773. The summed E-state index contributed by atoms with van der Waals surface area (Å²) in [5.74, 6) is 1.07. The smallest absolute Gasteiger partial charge is 0.407 e. The number of alkyl carbamates (subject to hydrolysis) is 4. The molecule has 3 aromatic rings. The summed E-state index contributed by atoms with van der Waals surface area (Å²) in [6.45, 7) is 11.4. The van der Waals surface area contributed by atoms with E-state index in [2.05, 4.69) is 49.0 Å². The van der Waals surface area contributed by atoms with Crippen molar-refractivity contribution in [3.05, 3.63) is 42.5 Å². The van der Waals surface area contributed by atoms with Crippen LogP contribution in [0.25, 0.3) is 10.8 Å². The molecule has 19 heteroatoms. The predicted octanol–water partition coefficient (Wildman–Crippen LogP) is 18.2. The van der Waals surface area contributed by atoms with Crippen LogP contribution < -0.4 is 40.5 Å². The Bertz CT molecular complexity index is 2240. The van der Waals surface area contributed by atoms with Crippen LogP contribution in [0.2, 0.25) is 0 Å². The molecule has 2 aliphatic heterocycles. The van der Waals surface area contributed by atoms with Gasteiger partial charge in [-0.25, -0.2) is 19.2 Å². The van der Waals surface area contributed by atoms with Gasteiger partial charge in [-0.15, -0.1) is 0 Å². The third kappa shape index (κ3) is 34.6. The average Bonchev–Trinajstić information content (AvgIpc) is 1.61. The second kappa shape index (κ2) is 51.3. The molecule has 4 atom stereocenters. The fourth-order valence-electron chi connectivity index (χ4n) is 12.5. The molecule has 94 heavy (non-hydrogen) atoms. The van der Waals surface area contributed by atoms with Crippen LogP contribution in [0.4, 0.5) is 31.1 Å². The highest BCUT2D eigenvalue weighted by atomic mass is 16.6. The summed E-state index contributed by atoms with van der Waals surface area (Å²) in [5, 5.41) is 13.8. The standard InChI is InChI=1S/C75H127N9O10/c1-5-9-13-17-21-25-29-33-37-43-52-76-72(85)91-65-58-83(59-66(65)92-73(86)77-53-44-38-34-30-26-22-18-14-10-6-2)69-80-70(82-71(81-69)90-57-56-89-64-51-47-49-62-48-41-42-50-63(62)64)84-60-67(93-74(87)78-54-45-39-35-31-27-23-19-15-11-7-3)68(61-84)94-75(88)79-55-46-40-36-32-28-24-20-16-12-8-4/h41-42,47-51,65-68H,5-40,43-46,52-61H2,1-4H3,(H,76,85)(H,77,86)(H,78,87)(H,79,88)/t65-,66-,67-,68-/m0/s1. The first kappa shape index (κ1) is 78.7. The lowest BCUT2D eigenvalue weighted by molar-refractivity contribution is 0.0175. The molecule has 5 rings (SSSR count). The Labute approximate surface area is 566 Å². The van der Waals surface area contributed by atoms with Crippen molar-refractivity contribution < 1.29 is 47.6 Å². The second-order valence-corrected chi connectivity index (χ2v) is 26.4. The van der Waals surface area contributed by atoms with Crippen LogP contribution in [0.5, 0.6) is 11.8 Å². The normalized spacial score (nSPS) is 16.1. The number of carbonyl (C=O) groups is 4. The number of nitrogens with zero attached hydrogens (tertiary/aromatic N) is 5. The number of ether oxygens (including phenoxy) is 6. The summed E-state index contributed by atoms with van der Waals surface area (Å²) in [6, 6.07) is 13.9. The first-order valence-electron chi connectivity index (χ1n) is 38.0. The summed E-state index contributed by atoms with van der Waals surface area (Å²) in [4.78, 5) is 72.5. The van der Waals surface area contributed by atoms with Crippen LogP contribution in [0.3, 0.4) is 0 Å². The highest BCUT2D eigenvalue weighted by Crippen LogP contribution is 2.30. The van der Waals surface area contributed by atoms with Crippen molar-refractivity contribution >= 4 is 47.0 Å². The number of carbonyl (C=O) groups excluding carboxylic acids is 4. The van der Waals surface area contributed by atoms with Gasteiger partial charge < -0.3 is 59.5 Å². The summed E-state index contributed by atoms with van der Waals surface area (Å²) in [7, 11) is 0. The number of hydrogen-bond acceptors (Lipinski definition) is 15. The van der Waals surface area contributed by atoms with Crippen molar-refractivity contribution in [3.63, 3.8) is 0 Å². The maximum atomic E-state index is 13.6. The first-order valence-corrected chi connectivity index (χ1v) is 38.0. The van der Waals surface area contributed by atoms with Crippen molar-refractivity contribution in [1.82, 2.24) is 36.2 Å². The third-order valence-corrected chi connectivity index (χ3v) is 18.1. The Kier molecular flexibility index (Phi) is 42.9. The van der Waals surface area contributed by atoms with E-state index >= 15 is 0 Å². The molecule has 0 aliphatic carbocycles.